The van der Waals surface area contributed by atoms with E-state index in [0.29, 0.717) is 0 Å². The minimum Gasteiger partial charge on any atom is -0.493 e. The lowest BCUT2D eigenvalue weighted by molar-refractivity contribution is 0.367. The summed E-state index contributed by atoms with van der Waals surface area (Å²) in [6, 6.07) is 0.123. The minimum absolute atomic E-state index is 0.123. The molecular weight excluding hydrogens is 240 g/mol. The molecule has 1 fully saturated rings. The summed E-state index contributed by atoms with van der Waals surface area (Å²) in [5.41, 5.74) is 4.01. The molecule has 0 aromatic carbocycles. The molecule has 1 unspecified atom stereocenters. The van der Waals surface area contributed by atoms with Crippen LogP contribution in [0.25, 0.3) is 0 Å². The van der Waals surface area contributed by atoms with E-state index in [1.54, 1.807) is 13.3 Å². The Morgan fingerprint density at radius 3 is 2.84 bits per heavy atom. The molecule has 0 radical (unpaired) electrons. The van der Waals surface area contributed by atoms with Gasteiger partial charge in [-0.2, -0.15) is 5.10 Å². The highest BCUT2D eigenvalue weighted by Crippen LogP contribution is 2.33. The Morgan fingerprint density at radius 1 is 1.53 bits per heavy atom. The first kappa shape index (κ1) is 14.3. The summed E-state index contributed by atoms with van der Waals surface area (Å²) >= 11 is 0. The van der Waals surface area contributed by atoms with Crippen molar-refractivity contribution in [2.45, 2.75) is 58.0 Å². The van der Waals surface area contributed by atoms with Gasteiger partial charge in [-0.05, 0) is 25.7 Å². The second-order valence-corrected chi connectivity index (χ2v) is 5.36. The van der Waals surface area contributed by atoms with Crippen LogP contribution in [-0.2, 0) is 6.54 Å². The smallest absolute Gasteiger partial charge is 0.161 e. The molecule has 3 N–H and O–H groups in total. The molecule has 1 heterocycles. The maximum absolute atomic E-state index is 5.75. The van der Waals surface area contributed by atoms with Crippen LogP contribution < -0.4 is 16.0 Å². The van der Waals surface area contributed by atoms with Gasteiger partial charge in [0.1, 0.15) is 0 Å². The maximum atomic E-state index is 5.75. The number of hydrogen-bond acceptors (Lipinski definition) is 4. The fourth-order valence-electron chi connectivity index (χ4n) is 3.14. The number of rotatable bonds is 7. The van der Waals surface area contributed by atoms with Gasteiger partial charge in [0.25, 0.3) is 0 Å². The number of hydrazine groups is 1. The number of hydrogen-bond donors (Lipinski definition) is 2. The summed E-state index contributed by atoms with van der Waals surface area (Å²) < 4.78 is 7.37. The summed E-state index contributed by atoms with van der Waals surface area (Å²) in [4.78, 5) is 0. The topological polar surface area (TPSA) is 65.1 Å². The Morgan fingerprint density at radius 2 is 2.26 bits per heavy atom. The van der Waals surface area contributed by atoms with Crippen LogP contribution in [0.2, 0.25) is 0 Å². The van der Waals surface area contributed by atoms with E-state index in [-0.39, 0.29) is 6.04 Å². The van der Waals surface area contributed by atoms with E-state index >= 15 is 0 Å². The van der Waals surface area contributed by atoms with Crippen LogP contribution in [0, 0.1) is 5.92 Å². The molecule has 0 spiro atoms. The number of nitrogens with zero attached hydrogens (tertiary/aromatic N) is 2. The molecule has 1 saturated carbocycles. The van der Waals surface area contributed by atoms with Crippen molar-refractivity contribution in [2.75, 3.05) is 7.11 Å². The zero-order chi connectivity index (χ0) is 13.7. The molecular formula is C14H26N4O. The van der Waals surface area contributed by atoms with Crippen LogP contribution in [0.5, 0.6) is 5.75 Å². The highest BCUT2D eigenvalue weighted by atomic mass is 16.5. The quantitative estimate of drug-likeness (QED) is 0.587. The lowest BCUT2D eigenvalue weighted by Crippen LogP contribution is -2.30. The van der Waals surface area contributed by atoms with Crippen molar-refractivity contribution in [1.82, 2.24) is 15.2 Å². The Hall–Kier alpha value is -1.07. The number of ether oxygens (including phenoxy) is 1. The van der Waals surface area contributed by atoms with Crippen molar-refractivity contribution < 1.29 is 4.74 Å². The van der Waals surface area contributed by atoms with Gasteiger partial charge in [0.05, 0.1) is 25.0 Å². The predicted molar refractivity (Wildman–Crippen MR) is 75.7 cm³/mol. The minimum atomic E-state index is 0.123. The highest BCUT2D eigenvalue weighted by Gasteiger charge is 2.23. The van der Waals surface area contributed by atoms with Gasteiger partial charge in [-0.25, -0.2) is 0 Å². The molecule has 0 amide bonds. The molecule has 1 atom stereocenters. The first-order valence-corrected chi connectivity index (χ1v) is 7.36. The van der Waals surface area contributed by atoms with Crippen molar-refractivity contribution in [3.05, 3.63) is 11.9 Å². The lowest BCUT2D eigenvalue weighted by atomic mass is 9.97. The van der Waals surface area contributed by atoms with Crippen LogP contribution in [-0.4, -0.2) is 16.9 Å². The van der Waals surface area contributed by atoms with Gasteiger partial charge < -0.3 is 4.74 Å². The number of methoxy groups -OCH3 is 1. The Labute approximate surface area is 115 Å². The summed E-state index contributed by atoms with van der Waals surface area (Å²) in [6.07, 6.45) is 9.58. The first-order valence-electron chi connectivity index (χ1n) is 7.36. The average Bonchev–Trinajstić information content (AvgIpc) is 3.08. The molecule has 5 heteroatoms. The molecule has 1 aromatic heterocycles. The summed E-state index contributed by atoms with van der Waals surface area (Å²) in [5.74, 6) is 7.45. The van der Waals surface area contributed by atoms with Gasteiger partial charge in [0, 0.05) is 6.54 Å². The van der Waals surface area contributed by atoms with Crippen molar-refractivity contribution in [3.63, 3.8) is 0 Å². The van der Waals surface area contributed by atoms with Crippen molar-refractivity contribution >= 4 is 0 Å². The van der Waals surface area contributed by atoms with Crippen LogP contribution in [0.3, 0.4) is 0 Å². The largest absolute Gasteiger partial charge is 0.493 e. The van der Waals surface area contributed by atoms with E-state index in [2.05, 4.69) is 17.4 Å². The third-order valence-electron chi connectivity index (χ3n) is 4.23. The van der Waals surface area contributed by atoms with Crippen LogP contribution >= 0.6 is 0 Å². The fraction of sp³-hybridized carbons (Fsp3) is 0.786. The van der Waals surface area contributed by atoms with Crippen molar-refractivity contribution in [2.24, 2.45) is 11.8 Å². The highest BCUT2D eigenvalue weighted by molar-refractivity contribution is 5.28. The molecule has 0 aliphatic heterocycles. The maximum Gasteiger partial charge on any atom is 0.161 e. The van der Waals surface area contributed by atoms with Crippen molar-refractivity contribution in [1.29, 1.82) is 0 Å². The molecule has 108 valence electrons. The zero-order valence-corrected chi connectivity index (χ0v) is 12.1. The van der Waals surface area contributed by atoms with Gasteiger partial charge in [-0.3, -0.25) is 16.0 Å². The lowest BCUT2D eigenvalue weighted by Gasteiger charge is -2.20. The van der Waals surface area contributed by atoms with Gasteiger partial charge >= 0.3 is 0 Å². The molecule has 1 aliphatic rings. The summed E-state index contributed by atoms with van der Waals surface area (Å²) in [7, 11) is 1.69. The van der Waals surface area contributed by atoms with E-state index in [9.17, 15) is 0 Å². The Balaban J connectivity index is 2.04. The van der Waals surface area contributed by atoms with E-state index < -0.39 is 0 Å². The van der Waals surface area contributed by atoms with E-state index in [1.165, 1.54) is 32.1 Å². The molecule has 1 aromatic rings. The normalized spacial score (nSPS) is 17.8. The third kappa shape index (κ3) is 3.28. The zero-order valence-electron chi connectivity index (χ0n) is 12.1. The second kappa shape index (κ2) is 6.91. The monoisotopic (exact) mass is 266 g/mol. The molecule has 0 saturated heterocycles. The molecule has 5 nitrogen and oxygen atoms in total. The Bertz CT molecular complexity index is 363. The van der Waals surface area contributed by atoms with Crippen LogP contribution in [0.4, 0.5) is 0 Å². The van der Waals surface area contributed by atoms with Gasteiger partial charge in [-0.1, -0.05) is 25.7 Å². The van der Waals surface area contributed by atoms with E-state index in [4.69, 9.17) is 10.6 Å². The number of aromatic nitrogens is 2. The summed E-state index contributed by atoms with van der Waals surface area (Å²) in [6.45, 7) is 2.92. The third-order valence-corrected chi connectivity index (χ3v) is 4.23. The first-order chi connectivity index (χ1) is 9.30. The molecule has 0 bridgehead atoms. The number of aryl methyl sites for hydroxylation is 1. The SMILES string of the molecule is CCn1ncc(OC)c1C(CCC1CCCC1)NN. The van der Waals surface area contributed by atoms with Crippen LogP contribution in [0.15, 0.2) is 6.20 Å². The van der Waals surface area contributed by atoms with Gasteiger partial charge in [0.2, 0.25) is 0 Å². The Kier molecular flexibility index (Phi) is 5.22. The summed E-state index contributed by atoms with van der Waals surface area (Å²) in [5, 5.41) is 4.35. The molecule has 2 rings (SSSR count). The van der Waals surface area contributed by atoms with E-state index in [1.807, 2.05) is 4.68 Å². The van der Waals surface area contributed by atoms with E-state index in [0.717, 1.165) is 30.3 Å². The molecule has 19 heavy (non-hydrogen) atoms. The number of nitrogens with two attached hydrogens (primary N) is 1. The number of nitrogens with one attached hydrogen (secondary N) is 1. The van der Waals surface area contributed by atoms with Crippen molar-refractivity contribution in [3.8, 4) is 5.75 Å². The second-order valence-electron chi connectivity index (χ2n) is 5.36. The van der Waals surface area contributed by atoms with Gasteiger partial charge in [0.15, 0.2) is 5.75 Å². The molecule has 1 aliphatic carbocycles. The average molecular weight is 266 g/mol. The predicted octanol–water partition coefficient (Wildman–Crippen LogP) is 2.39. The standard InChI is InChI=1S/C14H26N4O/c1-3-18-14(13(19-2)10-16-18)12(17-15)9-8-11-6-4-5-7-11/h10-12,17H,3-9,15H2,1-2H3. The van der Waals surface area contributed by atoms with Crippen LogP contribution in [0.1, 0.15) is 57.2 Å². The van der Waals surface area contributed by atoms with Gasteiger partial charge in [-0.15, -0.1) is 0 Å². The fourth-order valence-corrected chi connectivity index (χ4v) is 3.14.